The Kier molecular flexibility index (Phi) is 7.96. The summed E-state index contributed by atoms with van der Waals surface area (Å²) in [6, 6.07) is 29.4. The van der Waals surface area contributed by atoms with Gasteiger partial charge in [-0.1, -0.05) is 114 Å². The first-order valence-electron chi connectivity index (χ1n) is 11.9. The highest BCUT2D eigenvalue weighted by molar-refractivity contribution is 14.1. The zero-order valence-electron chi connectivity index (χ0n) is 19.7. The molecule has 1 amide bonds. The van der Waals surface area contributed by atoms with Gasteiger partial charge < -0.3 is 15.0 Å². The first-order valence-corrected chi connectivity index (χ1v) is 14.5. The Morgan fingerprint density at radius 1 is 0.944 bits per heavy atom. The first-order chi connectivity index (χ1) is 17.6. The Morgan fingerprint density at radius 2 is 1.53 bits per heavy atom. The number of fused-ring (bicyclic) bond motifs is 1. The van der Waals surface area contributed by atoms with Crippen LogP contribution in [0.15, 0.2) is 102 Å². The van der Waals surface area contributed by atoms with Crippen LogP contribution in [0.4, 0.5) is 0 Å². The number of thioether (sulfide) groups is 1. The van der Waals surface area contributed by atoms with Crippen molar-refractivity contribution in [3.8, 4) is 0 Å². The molecule has 0 aliphatic carbocycles. The lowest BCUT2D eigenvalue weighted by Crippen LogP contribution is -2.66. The molecule has 184 valence electrons. The summed E-state index contributed by atoms with van der Waals surface area (Å²) in [4.78, 5) is 28.4. The maximum Gasteiger partial charge on any atom is 0.355 e. The Labute approximate surface area is 229 Å². The van der Waals surface area contributed by atoms with Gasteiger partial charge in [0, 0.05) is 16.7 Å². The van der Waals surface area contributed by atoms with Crippen molar-refractivity contribution in [2.24, 2.45) is 0 Å². The second-order valence-electron chi connectivity index (χ2n) is 8.88. The summed E-state index contributed by atoms with van der Waals surface area (Å²) in [6.07, 6.45) is -0.132. The Bertz CT molecular complexity index is 1200. The molecule has 0 aromatic heterocycles. The van der Waals surface area contributed by atoms with Crippen molar-refractivity contribution in [2.75, 3.05) is 16.7 Å². The topological polar surface area (TPSA) is 58.6 Å². The molecule has 1 saturated heterocycles. The van der Waals surface area contributed by atoms with Gasteiger partial charge in [-0.2, -0.15) is 0 Å². The molecule has 2 atom stereocenters. The number of alkyl halides is 1. The van der Waals surface area contributed by atoms with Crippen LogP contribution in [-0.4, -0.2) is 44.9 Å². The van der Waals surface area contributed by atoms with E-state index < -0.39 is 6.10 Å². The van der Waals surface area contributed by atoms with Crippen molar-refractivity contribution in [2.45, 2.75) is 23.9 Å². The average Bonchev–Trinajstić information content (AvgIpc) is 2.91. The minimum Gasteiger partial charge on any atom is -0.448 e. The van der Waals surface area contributed by atoms with Crippen molar-refractivity contribution in [3.05, 3.63) is 119 Å². The number of halogens is 1. The molecule has 0 spiro atoms. The van der Waals surface area contributed by atoms with Gasteiger partial charge in [-0.05, 0) is 22.3 Å². The van der Waals surface area contributed by atoms with Gasteiger partial charge in [0.1, 0.15) is 5.70 Å². The van der Waals surface area contributed by atoms with E-state index in [2.05, 4.69) is 32.8 Å². The molecule has 0 saturated carbocycles. The van der Waals surface area contributed by atoms with Gasteiger partial charge >= 0.3 is 5.97 Å². The molecule has 2 unspecified atom stereocenters. The Morgan fingerprint density at radius 3 is 2.11 bits per heavy atom. The summed E-state index contributed by atoms with van der Waals surface area (Å²) >= 11 is 4.09. The zero-order chi connectivity index (χ0) is 24.9. The highest BCUT2D eigenvalue weighted by Gasteiger charge is 2.47. The molecule has 0 radical (unpaired) electrons. The lowest BCUT2D eigenvalue weighted by atomic mass is 10.0. The van der Waals surface area contributed by atoms with Crippen LogP contribution in [0.1, 0.15) is 22.8 Å². The fourth-order valence-electron chi connectivity index (χ4n) is 4.63. The van der Waals surface area contributed by atoms with Gasteiger partial charge in [0.25, 0.3) is 0 Å². The zero-order valence-corrected chi connectivity index (χ0v) is 22.7. The van der Waals surface area contributed by atoms with E-state index in [0.717, 1.165) is 32.4 Å². The van der Waals surface area contributed by atoms with Crippen molar-refractivity contribution >= 4 is 46.2 Å². The van der Waals surface area contributed by atoms with Crippen LogP contribution in [0, 0.1) is 0 Å². The van der Waals surface area contributed by atoms with E-state index in [-0.39, 0.29) is 23.3 Å². The second kappa shape index (κ2) is 11.5. The molecule has 7 heteroatoms. The molecule has 36 heavy (non-hydrogen) atoms. The van der Waals surface area contributed by atoms with E-state index in [4.69, 9.17) is 4.74 Å². The number of ether oxygens (including phenoxy) is 1. The van der Waals surface area contributed by atoms with E-state index in [1.807, 2.05) is 91.0 Å². The summed E-state index contributed by atoms with van der Waals surface area (Å²) in [5.41, 5.74) is 4.59. The number of nitrogens with one attached hydrogen (secondary N) is 1. The molecular weight excluding hydrogens is 583 g/mol. The average molecular weight is 611 g/mol. The molecule has 1 N–H and O–H groups in total. The van der Waals surface area contributed by atoms with Gasteiger partial charge in [0.15, 0.2) is 6.10 Å². The van der Waals surface area contributed by atoms with Crippen LogP contribution in [0.3, 0.4) is 0 Å². The maximum atomic E-state index is 13.7. The highest BCUT2D eigenvalue weighted by atomic mass is 127. The normalized spacial score (nSPS) is 18.9. The van der Waals surface area contributed by atoms with E-state index in [1.165, 1.54) is 0 Å². The number of benzene rings is 3. The third kappa shape index (κ3) is 5.47. The molecule has 5 nitrogen and oxygen atoms in total. The number of amides is 1. The predicted molar refractivity (Wildman–Crippen MR) is 152 cm³/mol. The molecule has 2 aliphatic rings. The van der Waals surface area contributed by atoms with Gasteiger partial charge in [-0.25, -0.2) is 4.79 Å². The van der Waals surface area contributed by atoms with Crippen molar-refractivity contribution in [1.82, 2.24) is 10.2 Å². The monoisotopic (exact) mass is 610 g/mol. The number of hydrogen-bond acceptors (Lipinski definition) is 5. The van der Waals surface area contributed by atoms with Crippen LogP contribution >= 0.6 is 34.4 Å². The molecule has 1 fully saturated rings. The molecule has 3 aromatic rings. The molecule has 5 rings (SSSR count). The molecule has 2 aliphatic heterocycles. The number of esters is 1. The van der Waals surface area contributed by atoms with E-state index >= 15 is 0 Å². The summed E-state index contributed by atoms with van der Waals surface area (Å²) in [5.74, 6) is 0.451. The summed E-state index contributed by atoms with van der Waals surface area (Å²) in [6.45, 7) is 0.601. The van der Waals surface area contributed by atoms with Gasteiger partial charge in [0.05, 0.1) is 17.8 Å². The lowest BCUT2D eigenvalue weighted by molar-refractivity contribution is -0.146. The standard InChI is InChI=1S/C29H27IN2O3S/c30-17-23-19-36-28-24(31-25(33)16-20-10-4-1-5-11-20)18-32(28)26(23)29(34)35-27(21-12-6-2-7-13-21)22-14-8-3-9-15-22/h1-15,24,27-28H,16-19H2,(H,31,33). The van der Waals surface area contributed by atoms with Gasteiger partial charge in [-0.15, -0.1) is 11.8 Å². The molecule has 2 heterocycles. The predicted octanol–water partition coefficient (Wildman–Crippen LogP) is 5.12. The van der Waals surface area contributed by atoms with Crippen molar-refractivity contribution < 1.29 is 14.3 Å². The molecule has 0 bridgehead atoms. The maximum absolute atomic E-state index is 13.7. The van der Waals surface area contributed by atoms with Gasteiger partial charge in [-0.3, -0.25) is 4.79 Å². The second-order valence-corrected chi connectivity index (χ2v) is 10.8. The Balaban J connectivity index is 1.31. The lowest BCUT2D eigenvalue weighted by Gasteiger charge is -2.52. The summed E-state index contributed by atoms with van der Waals surface area (Å²) < 4.78 is 6.96. The largest absolute Gasteiger partial charge is 0.448 e. The number of carbonyl (C=O) groups is 2. The first kappa shape index (κ1) is 24.9. The number of nitrogens with zero attached hydrogens (tertiary/aromatic N) is 1. The van der Waals surface area contributed by atoms with Gasteiger partial charge in [0.2, 0.25) is 5.91 Å². The fraction of sp³-hybridized carbons (Fsp3) is 0.241. The highest BCUT2D eigenvalue weighted by Crippen LogP contribution is 2.41. The minimum atomic E-state index is -0.487. The van der Waals surface area contributed by atoms with Crippen molar-refractivity contribution in [3.63, 3.8) is 0 Å². The Hall–Kier alpha value is -2.78. The SMILES string of the molecule is O=C(Cc1ccccc1)NC1CN2C(C(=O)OC(c3ccccc3)c3ccccc3)=C(CI)CSC12. The number of rotatable bonds is 8. The van der Waals surface area contributed by atoms with Crippen molar-refractivity contribution in [1.29, 1.82) is 0 Å². The van der Waals surface area contributed by atoms with Crippen LogP contribution in [0.2, 0.25) is 0 Å². The van der Waals surface area contributed by atoms with E-state index in [1.54, 1.807) is 11.8 Å². The third-order valence-corrected chi connectivity index (χ3v) is 8.79. The summed E-state index contributed by atoms with van der Waals surface area (Å²) in [5, 5.41) is 3.20. The molecular formula is C29H27IN2O3S. The van der Waals surface area contributed by atoms with E-state index in [0.29, 0.717) is 18.7 Å². The minimum absolute atomic E-state index is 0.00353. The smallest absolute Gasteiger partial charge is 0.355 e. The van der Waals surface area contributed by atoms with Crippen LogP contribution in [0.25, 0.3) is 0 Å². The van der Waals surface area contributed by atoms with Crippen LogP contribution in [0.5, 0.6) is 0 Å². The third-order valence-electron chi connectivity index (χ3n) is 6.43. The van der Waals surface area contributed by atoms with Crippen LogP contribution in [-0.2, 0) is 20.7 Å². The quantitative estimate of drug-likeness (QED) is 0.218. The van der Waals surface area contributed by atoms with Crippen LogP contribution < -0.4 is 5.32 Å². The number of carbonyl (C=O) groups excluding carboxylic acids is 2. The molecule has 3 aromatic carbocycles. The number of hydrogen-bond donors (Lipinski definition) is 1. The van der Waals surface area contributed by atoms with E-state index in [9.17, 15) is 9.59 Å². The fourth-order valence-corrected chi connectivity index (χ4v) is 7.00. The summed E-state index contributed by atoms with van der Waals surface area (Å²) in [7, 11) is 0.